The van der Waals surface area contributed by atoms with E-state index >= 15 is 0 Å². The van der Waals surface area contributed by atoms with Gasteiger partial charge in [-0.3, -0.25) is 0 Å². The number of benzene rings is 1. The number of ether oxygens (including phenoxy) is 1. The lowest BCUT2D eigenvalue weighted by Crippen LogP contribution is -2.07. The smallest absolute Gasteiger partial charge is 0.416 e. The van der Waals surface area contributed by atoms with Crippen molar-refractivity contribution >= 4 is 23.2 Å². The molecular formula is C16H7Cl2F3N6O. The highest BCUT2D eigenvalue weighted by molar-refractivity contribution is 6.37. The average Bonchev–Trinajstić information content (AvgIpc) is 3.23. The van der Waals surface area contributed by atoms with Gasteiger partial charge >= 0.3 is 6.18 Å². The molecule has 0 saturated carbocycles. The minimum atomic E-state index is -4.62. The van der Waals surface area contributed by atoms with E-state index in [-0.39, 0.29) is 44.4 Å². The van der Waals surface area contributed by atoms with Gasteiger partial charge in [0, 0.05) is 6.20 Å². The summed E-state index contributed by atoms with van der Waals surface area (Å²) in [5.41, 5.74) is -0.953. The van der Waals surface area contributed by atoms with Crippen molar-refractivity contribution in [3.8, 4) is 35.1 Å². The van der Waals surface area contributed by atoms with E-state index in [1.54, 1.807) is 12.1 Å². The fraction of sp³-hybridized carbons (Fsp3) is 0.125. The summed E-state index contributed by atoms with van der Waals surface area (Å²) < 4.78 is 45.0. The Morgan fingerprint density at radius 1 is 1.18 bits per heavy atom. The van der Waals surface area contributed by atoms with Gasteiger partial charge < -0.3 is 9.72 Å². The van der Waals surface area contributed by atoms with E-state index in [9.17, 15) is 13.2 Å². The standard InChI is InChI=1S/C16H7Cl2F3N6O/c1-28-15-8(14-24-11(4-22)12(5-23)25-14)6-27(26-15)13-9(17)2-7(3-10(13)18)16(19,20)21/h2-3,6H,1H3,(H,24,25). The van der Waals surface area contributed by atoms with Gasteiger partial charge in [0.05, 0.1) is 28.3 Å². The minimum absolute atomic E-state index is 0.00606. The number of hydrogen-bond donors (Lipinski definition) is 1. The normalized spacial score (nSPS) is 11.1. The van der Waals surface area contributed by atoms with Gasteiger partial charge in [-0.15, -0.1) is 5.10 Å². The second-order valence-corrected chi connectivity index (χ2v) is 6.13. The van der Waals surface area contributed by atoms with E-state index in [2.05, 4.69) is 15.1 Å². The fourth-order valence-corrected chi connectivity index (χ4v) is 3.06. The molecule has 0 aliphatic rings. The summed E-state index contributed by atoms with van der Waals surface area (Å²) in [5, 5.41) is 21.6. The molecular weight excluding hydrogens is 420 g/mol. The van der Waals surface area contributed by atoms with Crippen LogP contribution in [0, 0.1) is 22.7 Å². The molecule has 0 aliphatic carbocycles. The van der Waals surface area contributed by atoms with Crippen LogP contribution < -0.4 is 4.74 Å². The number of nitrogens with zero attached hydrogens (tertiary/aromatic N) is 5. The van der Waals surface area contributed by atoms with E-state index in [0.717, 1.165) is 16.8 Å². The lowest BCUT2D eigenvalue weighted by molar-refractivity contribution is -0.137. The van der Waals surface area contributed by atoms with E-state index in [4.69, 9.17) is 38.5 Å². The first kappa shape index (κ1) is 19.5. The van der Waals surface area contributed by atoms with Crippen molar-refractivity contribution in [1.82, 2.24) is 19.7 Å². The molecule has 0 unspecified atom stereocenters. The van der Waals surface area contributed by atoms with Crippen LogP contribution in [0.2, 0.25) is 10.0 Å². The second-order valence-electron chi connectivity index (χ2n) is 5.32. The van der Waals surface area contributed by atoms with Crippen LogP contribution in [0.1, 0.15) is 17.0 Å². The second kappa shape index (κ2) is 7.08. The largest absolute Gasteiger partial charge is 0.479 e. The zero-order valence-corrected chi connectivity index (χ0v) is 15.3. The number of nitriles is 2. The summed E-state index contributed by atoms with van der Waals surface area (Å²) in [6.45, 7) is 0. The van der Waals surface area contributed by atoms with Gasteiger partial charge in [-0.2, -0.15) is 23.7 Å². The summed E-state index contributed by atoms with van der Waals surface area (Å²) >= 11 is 12.0. The first-order chi connectivity index (χ1) is 13.2. The van der Waals surface area contributed by atoms with Crippen LogP contribution in [0.3, 0.4) is 0 Å². The van der Waals surface area contributed by atoms with Crippen molar-refractivity contribution in [2.45, 2.75) is 6.18 Å². The van der Waals surface area contributed by atoms with E-state index in [1.165, 1.54) is 13.3 Å². The van der Waals surface area contributed by atoms with Gasteiger partial charge in [-0.05, 0) is 12.1 Å². The van der Waals surface area contributed by atoms with Crippen LogP contribution in [-0.4, -0.2) is 26.9 Å². The molecule has 1 aromatic carbocycles. The molecule has 12 heteroatoms. The lowest BCUT2D eigenvalue weighted by Gasteiger charge is -2.12. The van der Waals surface area contributed by atoms with Crippen LogP contribution >= 0.6 is 23.2 Å². The van der Waals surface area contributed by atoms with Gasteiger partial charge in [-0.1, -0.05) is 23.2 Å². The van der Waals surface area contributed by atoms with Gasteiger partial charge in [0.25, 0.3) is 0 Å². The lowest BCUT2D eigenvalue weighted by atomic mass is 10.2. The monoisotopic (exact) mass is 426 g/mol. The number of nitrogens with one attached hydrogen (secondary N) is 1. The predicted molar refractivity (Wildman–Crippen MR) is 92.1 cm³/mol. The molecule has 0 bridgehead atoms. The molecule has 2 aromatic heterocycles. The molecule has 0 radical (unpaired) electrons. The summed E-state index contributed by atoms with van der Waals surface area (Å²) in [6.07, 6.45) is -3.27. The molecule has 1 N–H and O–H groups in total. The highest BCUT2D eigenvalue weighted by Crippen LogP contribution is 2.38. The molecule has 3 rings (SSSR count). The third-order valence-electron chi connectivity index (χ3n) is 3.62. The summed E-state index contributed by atoms with van der Waals surface area (Å²) in [7, 11) is 1.31. The Morgan fingerprint density at radius 2 is 1.82 bits per heavy atom. The van der Waals surface area contributed by atoms with Gasteiger partial charge in [0.1, 0.15) is 23.7 Å². The number of rotatable bonds is 3. The highest BCUT2D eigenvalue weighted by atomic mass is 35.5. The molecule has 0 atom stereocenters. The van der Waals surface area contributed by atoms with Gasteiger partial charge in [0.2, 0.25) is 5.88 Å². The van der Waals surface area contributed by atoms with Gasteiger partial charge in [-0.25, -0.2) is 9.67 Å². The number of aromatic nitrogens is 4. The van der Waals surface area contributed by atoms with Crippen molar-refractivity contribution in [2.75, 3.05) is 7.11 Å². The Kier molecular flexibility index (Phi) is 4.94. The van der Waals surface area contributed by atoms with Crippen molar-refractivity contribution < 1.29 is 17.9 Å². The third kappa shape index (κ3) is 3.36. The minimum Gasteiger partial charge on any atom is -0.479 e. The van der Waals surface area contributed by atoms with E-state index < -0.39 is 11.7 Å². The maximum Gasteiger partial charge on any atom is 0.416 e. The summed E-state index contributed by atoms with van der Waals surface area (Å²) in [5.74, 6) is 0.130. The topological polar surface area (TPSA) is 103 Å². The Labute approximate surface area is 165 Å². The molecule has 0 fully saturated rings. The molecule has 7 nitrogen and oxygen atoms in total. The van der Waals surface area contributed by atoms with Crippen LogP contribution in [0.25, 0.3) is 17.1 Å². The maximum atomic E-state index is 12.9. The first-order valence-electron chi connectivity index (χ1n) is 7.30. The van der Waals surface area contributed by atoms with Crippen LogP contribution in [0.5, 0.6) is 5.88 Å². The zero-order valence-electron chi connectivity index (χ0n) is 13.8. The number of H-pyrrole nitrogens is 1. The van der Waals surface area contributed by atoms with E-state index in [1.807, 2.05) is 0 Å². The molecule has 142 valence electrons. The molecule has 3 aromatic rings. The number of hydrogen-bond acceptors (Lipinski definition) is 5. The van der Waals surface area contributed by atoms with Crippen LogP contribution in [0.15, 0.2) is 18.3 Å². The molecule has 0 aliphatic heterocycles. The Balaban J connectivity index is 2.16. The van der Waals surface area contributed by atoms with Crippen LogP contribution in [0.4, 0.5) is 13.2 Å². The van der Waals surface area contributed by atoms with Crippen molar-refractivity contribution in [1.29, 1.82) is 10.5 Å². The maximum absolute atomic E-state index is 12.9. The quantitative estimate of drug-likeness (QED) is 0.670. The summed E-state index contributed by atoms with van der Waals surface area (Å²) in [4.78, 5) is 6.64. The van der Waals surface area contributed by atoms with Crippen molar-refractivity contribution in [2.24, 2.45) is 0 Å². The Bertz CT molecular complexity index is 1100. The number of imidazole rings is 1. The fourth-order valence-electron chi connectivity index (χ4n) is 2.40. The molecule has 0 spiro atoms. The Morgan fingerprint density at radius 3 is 2.29 bits per heavy atom. The molecule has 0 saturated heterocycles. The Hall–Kier alpha value is -3.21. The highest BCUT2D eigenvalue weighted by Gasteiger charge is 2.32. The SMILES string of the molecule is COc1nn(-c2c(Cl)cc(C(F)(F)F)cc2Cl)cc1-c1nc(C#N)c(C#N)[nH]1. The number of aromatic amines is 1. The van der Waals surface area contributed by atoms with Crippen molar-refractivity contribution in [3.63, 3.8) is 0 Å². The average molecular weight is 427 g/mol. The molecule has 0 amide bonds. The van der Waals surface area contributed by atoms with Gasteiger partial charge in [0.15, 0.2) is 11.4 Å². The summed E-state index contributed by atoms with van der Waals surface area (Å²) in [6, 6.07) is 5.02. The predicted octanol–water partition coefficient (Wildman–Crippen LogP) is 4.34. The zero-order chi connectivity index (χ0) is 20.6. The van der Waals surface area contributed by atoms with E-state index in [0.29, 0.717) is 0 Å². The third-order valence-corrected chi connectivity index (χ3v) is 4.20. The molecule has 28 heavy (non-hydrogen) atoms. The number of methoxy groups -OCH3 is 1. The van der Waals surface area contributed by atoms with Crippen molar-refractivity contribution in [3.05, 3.63) is 45.3 Å². The first-order valence-corrected chi connectivity index (χ1v) is 8.06. The number of halogens is 5. The molecule has 2 heterocycles. The van der Waals surface area contributed by atoms with Crippen LogP contribution in [-0.2, 0) is 6.18 Å². The number of alkyl halides is 3.